The van der Waals surface area contributed by atoms with Gasteiger partial charge in [-0.25, -0.2) is 0 Å². The summed E-state index contributed by atoms with van der Waals surface area (Å²) >= 11 is 5.98. The highest BCUT2D eigenvalue weighted by atomic mass is 35.5. The predicted molar refractivity (Wildman–Crippen MR) is 90.8 cm³/mol. The maximum absolute atomic E-state index is 12.2. The molecule has 2 aromatic carbocycles. The molecule has 1 amide bonds. The highest BCUT2D eigenvalue weighted by Gasteiger charge is 2.12. The first-order valence-electron chi connectivity index (χ1n) is 6.74. The van der Waals surface area contributed by atoms with Gasteiger partial charge in [-0.05, 0) is 31.2 Å². The second kappa shape index (κ2) is 7.00. The number of carbonyl (C=O) groups is 1. The average molecular weight is 317 g/mol. The van der Waals surface area contributed by atoms with E-state index in [0.29, 0.717) is 22.8 Å². The number of hydrogen-bond donors (Lipinski definition) is 3. The van der Waals surface area contributed by atoms with E-state index in [9.17, 15) is 9.90 Å². The molecular formula is C17H17ClN2O2. The Hall–Kier alpha value is -2.46. The Morgan fingerprint density at radius 2 is 2.00 bits per heavy atom. The van der Waals surface area contributed by atoms with E-state index in [1.165, 1.54) is 0 Å². The lowest BCUT2D eigenvalue weighted by molar-refractivity contribution is 0.102. The monoisotopic (exact) mass is 316 g/mol. The number of phenols is 1. The van der Waals surface area contributed by atoms with Crippen molar-refractivity contribution in [2.75, 3.05) is 17.2 Å². The summed E-state index contributed by atoms with van der Waals surface area (Å²) in [7, 11) is 0. The third-order valence-corrected chi connectivity index (χ3v) is 3.29. The topological polar surface area (TPSA) is 61.4 Å². The van der Waals surface area contributed by atoms with Crippen molar-refractivity contribution >= 4 is 28.9 Å². The molecular weight excluding hydrogens is 300 g/mol. The highest BCUT2D eigenvalue weighted by molar-refractivity contribution is 6.34. The molecule has 4 nitrogen and oxygen atoms in total. The summed E-state index contributed by atoms with van der Waals surface area (Å²) < 4.78 is 0. The Balaban J connectivity index is 2.12. The van der Waals surface area contributed by atoms with E-state index in [4.69, 9.17) is 11.6 Å². The molecule has 0 saturated heterocycles. The number of rotatable bonds is 5. The van der Waals surface area contributed by atoms with Gasteiger partial charge < -0.3 is 15.7 Å². The summed E-state index contributed by atoms with van der Waals surface area (Å²) in [6.45, 7) is 6.32. The summed E-state index contributed by atoms with van der Waals surface area (Å²) in [6.07, 6.45) is 0. The third kappa shape index (κ3) is 4.02. The third-order valence-electron chi connectivity index (χ3n) is 2.96. The molecule has 0 aromatic heterocycles. The molecule has 0 unspecified atom stereocenters. The van der Waals surface area contributed by atoms with Crippen LogP contribution in [0, 0.1) is 0 Å². The predicted octanol–water partition coefficient (Wildman–Crippen LogP) is 4.29. The van der Waals surface area contributed by atoms with Crippen molar-refractivity contribution in [1.29, 1.82) is 0 Å². The van der Waals surface area contributed by atoms with Gasteiger partial charge in [-0.3, -0.25) is 4.79 Å². The summed E-state index contributed by atoms with van der Waals surface area (Å²) in [4.78, 5) is 12.2. The Morgan fingerprint density at radius 3 is 2.64 bits per heavy atom. The van der Waals surface area contributed by atoms with E-state index in [1.807, 2.05) is 6.92 Å². The number of aromatic hydroxyl groups is 1. The van der Waals surface area contributed by atoms with Crippen molar-refractivity contribution in [2.24, 2.45) is 0 Å². The first kappa shape index (κ1) is 15.9. The number of halogens is 1. The average Bonchev–Trinajstić information content (AvgIpc) is 2.48. The molecule has 0 spiro atoms. The zero-order valence-corrected chi connectivity index (χ0v) is 12.9. The molecule has 114 valence electrons. The van der Waals surface area contributed by atoms with Gasteiger partial charge in [0.1, 0.15) is 5.75 Å². The lowest BCUT2D eigenvalue weighted by Crippen LogP contribution is -2.12. The molecule has 3 N–H and O–H groups in total. The van der Waals surface area contributed by atoms with Crippen LogP contribution in [0.3, 0.4) is 0 Å². The molecule has 2 aromatic rings. The Bertz CT molecular complexity index is 714. The zero-order valence-electron chi connectivity index (χ0n) is 12.2. The molecule has 0 aliphatic rings. The van der Waals surface area contributed by atoms with Crippen LogP contribution in [0.1, 0.15) is 17.3 Å². The highest BCUT2D eigenvalue weighted by Crippen LogP contribution is 2.28. The largest absolute Gasteiger partial charge is 0.506 e. The molecule has 0 atom stereocenters. The number of carbonyl (C=O) groups excluding carboxylic acids is 1. The van der Waals surface area contributed by atoms with E-state index in [0.717, 1.165) is 11.3 Å². The first-order valence-corrected chi connectivity index (χ1v) is 7.12. The molecule has 0 aliphatic heterocycles. The number of amides is 1. The van der Waals surface area contributed by atoms with Crippen LogP contribution in [-0.2, 0) is 0 Å². The van der Waals surface area contributed by atoms with Crippen molar-refractivity contribution in [2.45, 2.75) is 6.92 Å². The minimum atomic E-state index is -0.372. The van der Waals surface area contributed by atoms with Crippen LogP contribution in [0.5, 0.6) is 5.75 Å². The van der Waals surface area contributed by atoms with Gasteiger partial charge in [0.2, 0.25) is 0 Å². The van der Waals surface area contributed by atoms with Gasteiger partial charge >= 0.3 is 0 Å². The number of benzene rings is 2. The normalized spacial score (nSPS) is 10.1. The van der Waals surface area contributed by atoms with E-state index in [1.54, 1.807) is 42.5 Å². The quantitative estimate of drug-likeness (QED) is 0.569. The van der Waals surface area contributed by atoms with E-state index >= 15 is 0 Å². The summed E-state index contributed by atoms with van der Waals surface area (Å²) in [5.41, 5.74) is 2.41. The van der Waals surface area contributed by atoms with Gasteiger partial charge in [-0.15, -0.1) is 0 Å². The molecule has 0 saturated carbocycles. The van der Waals surface area contributed by atoms with Crippen molar-refractivity contribution in [3.8, 4) is 5.75 Å². The molecule has 0 aliphatic carbocycles. The molecule has 0 radical (unpaired) electrons. The van der Waals surface area contributed by atoms with Crippen LogP contribution < -0.4 is 10.6 Å². The van der Waals surface area contributed by atoms with Crippen LogP contribution in [-0.4, -0.2) is 17.6 Å². The van der Waals surface area contributed by atoms with Crippen LogP contribution in [0.4, 0.5) is 11.4 Å². The molecule has 0 heterocycles. The fraction of sp³-hybridized carbons (Fsp3) is 0.118. The van der Waals surface area contributed by atoms with E-state index in [-0.39, 0.29) is 11.7 Å². The Labute approximate surface area is 134 Å². The number of hydrogen-bond acceptors (Lipinski definition) is 3. The molecule has 2 rings (SSSR count). The van der Waals surface area contributed by atoms with Crippen LogP contribution >= 0.6 is 11.6 Å². The van der Waals surface area contributed by atoms with Crippen molar-refractivity contribution < 1.29 is 9.90 Å². The number of nitrogens with one attached hydrogen (secondary N) is 2. The molecule has 22 heavy (non-hydrogen) atoms. The van der Waals surface area contributed by atoms with Crippen LogP contribution in [0.2, 0.25) is 5.02 Å². The minimum Gasteiger partial charge on any atom is -0.506 e. The Morgan fingerprint density at radius 1 is 1.27 bits per heavy atom. The van der Waals surface area contributed by atoms with Crippen molar-refractivity contribution in [3.05, 3.63) is 65.2 Å². The summed E-state index contributed by atoms with van der Waals surface area (Å²) in [5.74, 6) is -0.393. The molecule has 0 bridgehead atoms. The number of anilines is 2. The second-order valence-corrected chi connectivity index (χ2v) is 5.38. The van der Waals surface area contributed by atoms with E-state index in [2.05, 4.69) is 17.2 Å². The molecule has 5 heteroatoms. The smallest absolute Gasteiger partial charge is 0.257 e. The van der Waals surface area contributed by atoms with Gasteiger partial charge in [0, 0.05) is 18.3 Å². The van der Waals surface area contributed by atoms with Gasteiger partial charge in [0.25, 0.3) is 5.91 Å². The SMILES string of the molecule is C=C(C)CNc1ccc(NC(=O)c2ccccc2Cl)c(O)c1. The van der Waals surface area contributed by atoms with Gasteiger partial charge in [-0.1, -0.05) is 35.9 Å². The zero-order chi connectivity index (χ0) is 16.1. The van der Waals surface area contributed by atoms with Crippen molar-refractivity contribution in [3.63, 3.8) is 0 Å². The van der Waals surface area contributed by atoms with Crippen LogP contribution in [0.15, 0.2) is 54.6 Å². The van der Waals surface area contributed by atoms with Gasteiger partial charge in [-0.2, -0.15) is 0 Å². The number of phenolic OH excluding ortho intramolecular Hbond substituents is 1. The maximum Gasteiger partial charge on any atom is 0.257 e. The fourth-order valence-corrected chi connectivity index (χ4v) is 2.06. The second-order valence-electron chi connectivity index (χ2n) is 4.98. The lowest BCUT2D eigenvalue weighted by Gasteiger charge is -2.11. The molecule has 0 fully saturated rings. The Kier molecular flexibility index (Phi) is 5.07. The van der Waals surface area contributed by atoms with Gasteiger partial charge in [0.15, 0.2) is 0 Å². The standard InChI is InChI=1S/C17H17ClN2O2/c1-11(2)10-19-12-7-8-15(16(21)9-12)20-17(22)13-5-3-4-6-14(13)18/h3-9,19,21H,1,10H2,2H3,(H,20,22). The van der Waals surface area contributed by atoms with Crippen molar-refractivity contribution in [1.82, 2.24) is 0 Å². The van der Waals surface area contributed by atoms with Crippen LogP contribution in [0.25, 0.3) is 0 Å². The maximum atomic E-state index is 12.2. The van der Waals surface area contributed by atoms with Gasteiger partial charge in [0.05, 0.1) is 16.3 Å². The lowest BCUT2D eigenvalue weighted by atomic mass is 10.2. The minimum absolute atomic E-state index is 0.0212. The summed E-state index contributed by atoms with van der Waals surface area (Å²) in [5, 5.41) is 16.1. The van der Waals surface area contributed by atoms with E-state index < -0.39 is 0 Å². The fourth-order valence-electron chi connectivity index (χ4n) is 1.84. The first-order chi connectivity index (χ1) is 10.5. The summed E-state index contributed by atoms with van der Waals surface area (Å²) in [6, 6.07) is 11.7.